The fourth-order valence-corrected chi connectivity index (χ4v) is 3.51. The number of alkyl halides is 1. The van der Waals surface area contributed by atoms with Crippen molar-refractivity contribution in [1.82, 2.24) is 0 Å². The predicted octanol–water partition coefficient (Wildman–Crippen LogP) is 4.88. The summed E-state index contributed by atoms with van der Waals surface area (Å²) in [5.41, 5.74) is 3.03. The predicted molar refractivity (Wildman–Crippen MR) is 101 cm³/mol. The Morgan fingerprint density at radius 1 is 1.19 bits per heavy atom. The highest BCUT2D eigenvalue weighted by Gasteiger charge is 2.29. The molecule has 1 N–H and O–H groups in total. The molecule has 0 amide bonds. The summed E-state index contributed by atoms with van der Waals surface area (Å²) in [5.74, 6) is 0.845. The Morgan fingerprint density at radius 2 is 1.96 bits per heavy atom. The third-order valence-electron chi connectivity index (χ3n) is 4.62. The zero-order valence-electron chi connectivity index (χ0n) is 14.8. The van der Waals surface area contributed by atoms with Gasteiger partial charge in [-0.2, -0.15) is 0 Å². The molecule has 0 spiro atoms. The van der Waals surface area contributed by atoms with Crippen LogP contribution in [0.25, 0.3) is 0 Å². The zero-order chi connectivity index (χ0) is 18.5. The summed E-state index contributed by atoms with van der Waals surface area (Å²) in [6.45, 7) is 2.01. The molecule has 5 heteroatoms. The standard InChI is InChI=1S/C21H24ClFO3/c1-2-25-18-6-3-14(4-7-18)9-16-10-15(5-8-20(16)22)21-12-17(24)11-19(13-23)26-21/h3-8,10,17,19,21,24H,2,9,11-13H2,1H3/t17-,19-,21+/m0/s1. The fraction of sp³-hybridized carbons (Fsp3) is 0.429. The van der Waals surface area contributed by atoms with Crippen LogP contribution >= 0.6 is 11.6 Å². The van der Waals surface area contributed by atoms with E-state index in [0.29, 0.717) is 30.9 Å². The Morgan fingerprint density at radius 3 is 2.65 bits per heavy atom. The fourth-order valence-electron chi connectivity index (χ4n) is 3.32. The van der Waals surface area contributed by atoms with E-state index in [0.717, 1.165) is 22.4 Å². The van der Waals surface area contributed by atoms with Gasteiger partial charge in [-0.1, -0.05) is 35.9 Å². The molecule has 140 valence electrons. The van der Waals surface area contributed by atoms with Crippen LogP contribution < -0.4 is 4.74 Å². The molecule has 3 nitrogen and oxygen atoms in total. The highest BCUT2D eigenvalue weighted by Crippen LogP contribution is 2.34. The highest BCUT2D eigenvalue weighted by atomic mass is 35.5. The van der Waals surface area contributed by atoms with E-state index in [2.05, 4.69) is 0 Å². The average Bonchev–Trinajstić information content (AvgIpc) is 2.64. The second-order valence-electron chi connectivity index (χ2n) is 6.63. The van der Waals surface area contributed by atoms with E-state index in [1.54, 1.807) is 0 Å². The van der Waals surface area contributed by atoms with E-state index in [9.17, 15) is 9.50 Å². The van der Waals surface area contributed by atoms with Gasteiger partial charge in [-0.25, -0.2) is 4.39 Å². The van der Waals surface area contributed by atoms with Crippen LogP contribution in [-0.4, -0.2) is 30.6 Å². The van der Waals surface area contributed by atoms with Crippen molar-refractivity contribution >= 4 is 11.6 Å². The van der Waals surface area contributed by atoms with Crippen molar-refractivity contribution in [3.05, 3.63) is 64.2 Å². The van der Waals surface area contributed by atoms with Gasteiger partial charge in [0, 0.05) is 17.9 Å². The summed E-state index contributed by atoms with van der Waals surface area (Å²) in [4.78, 5) is 0. The number of aliphatic hydroxyl groups is 1. The number of hydrogen-bond donors (Lipinski definition) is 1. The Labute approximate surface area is 158 Å². The minimum atomic E-state index is -0.583. The largest absolute Gasteiger partial charge is 0.494 e. The number of hydrogen-bond acceptors (Lipinski definition) is 3. The van der Waals surface area contributed by atoms with Crippen molar-refractivity contribution in [3.63, 3.8) is 0 Å². The monoisotopic (exact) mass is 378 g/mol. The molecular formula is C21H24ClFO3. The Hall–Kier alpha value is -1.62. The molecule has 26 heavy (non-hydrogen) atoms. The lowest BCUT2D eigenvalue weighted by Crippen LogP contribution is -2.32. The minimum absolute atomic E-state index is 0.309. The number of rotatable bonds is 6. The lowest BCUT2D eigenvalue weighted by Gasteiger charge is -2.32. The van der Waals surface area contributed by atoms with Gasteiger partial charge in [0.25, 0.3) is 0 Å². The van der Waals surface area contributed by atoms with E-state index in [4.69, 9.17) is 21.1 Å². The Bertz CT molecular complexity index is 720. The maximum Gasteiger partial charge on any atom is 0.119 e. The average molecular weight is 379 g/mol. The molecule has 0 aromatic heterocycles. The Kier molecular flexibility index (Phi) is 6.52. The van der Waals surface area contributed by atoms with Crippen LogP contribution in [0, 0.1) is 0 Å². The van der Waals surface area contributed by atoms with Crippen molar-refractivity contribution in [3.8, 4) is 5.75 Å². The van der Waals surface area contributed by atoms with Crippen LogP contribution in [0.5, 0.6) is 5.75 Å². The van der Waals surface area contributed by atoms with Gasteiger partial charge in [0.05, 0.1) is 24.9 Å². The second kappa shape index (κ2) is 8.85. The molecule has 0 radical (unpaired) electrons. The van der Waals surface area contributed by atoms with E-state index in [1.165, 1.54) is 0 Å². The Balaban J connectivity index is 1.77. The first kappa shape index (κ1) is 19.2. The quantitative estimate of drug-likeness (QED) is 0.778. The van der Waals surface area contributed by atoms with Crippen molar-refractivity contribution in [1.29, 1.82) is 0 Å². The van der Waals surface area contributed by atoms with Crippen molar-refractivity contribution in [2.24, 2.45) is 0 Å². The van der Waals surface area contributed by atoms with Crippen LogP contribution in [0.1, 0.15) is 42.6 Å². The van der Waals surface area contributed by atoms with Gasteiger partial charge >= 0.3 is 0 Å². The molecule has 1 heterocycles. The van der Waals surface area contributed by atoms with Gasteiger partial charge < -0.3 is 14.6 Å². The third-order valence-corrected chi connectivity index (χ3v) is 4.99. The summed E-state index contributed by atoms with van der Waals surface area (Å²) in [7, 11) is 0. The van der Waals surface area contributed by atoms with E-state index in [-0.39, 0.29) is 6.10 Å². The first-order chi connectivity index (χ1) is 12.6. The van der Waals surface area contributed by atoms with Gasteiger partial charge in [0.2, 0.25) is 0 Å². The molecule has 1 fully saturated rings. The van der Waals surface area contributed by atoms with Crippen molar-refractivity contribution < 1.29 is 19.0 Å². The summed E-state index contributed by atoms with van der Waals surface area (Å²) in [5, 5.41) is 10.7. The highest BCUT2D eigenvalue weighted by molar-refractivity contribution is 6.31. The maximum atomic E-state index is 13.0. The summed E-state index contributed by atoms with van der Waals surface area (Å²) < 4.78 is 24.2. The first-order valence-corrected chi connectivity index (χ1v) is 9.36. The van der Waals surface area contributed by atoms with Crippen LogP contribution in [-0.2, 0) is 11.2 Å². The molecule has 0 aliphatic carbocycles. The lowest BCUT2D eigenvalue weighted by atomic mass is 9.94. The SMILES string of the molecule is CCOc1ccc(Cc2cc([C@H]3C[C@@H](O)C[C@@H](CF)O3)ccc2Cl)cc1. The topological polar surface area (TPSA) is 38.7 Å². The van der Waals surface area contributed by atoms with Gasteiger partial charge in [-0.3, -0.25) is 0 Å². The number of ether oxygens (including phenoxy) is 2. The molecule has 2 aromatic rings. The smallest absolute Gasteiger partial charge is 0.119 e. The number of aliphatic hydroxyl groups excluding tert-OH is 1. The first-order valence-electron chi connectivity index (χ1n) is 8.98. The second-order valence-corrected chi connectivity index (χ2v) is 7.04. The lowest BCUT2D eigenvalue weighted by molar-refractivity contribution is -0.104. The van der Waals surface area contributed by atoms with Gasteiger partial charge in [-0.15, -0.1) is 0 Å². The molecule has 2 aromatic carbocycles. The van der Waals surface area contributed by atoms with Crippen molar-refractivity contribution in [2.75, 3.05) is 13.3 Å². The van der Waals surface area contributed by atoms with Gasteiger partial charge in [0.15, 0.2) is 0 Å². The third kappa shape index (κ3) is 4.76. The molecule has 0 saturated carbocycles. The zero-order valence-corrected chi connectivity index (χ0v) is 15.6. The number of benzene rings is 2. The van der Waals surface area contributed by atoms with Crippen LogP contribution in [0.4, 0.5) is 4.39 Å². The molecule has 0 unspecified atom stereocenters. The normalized spacial score (nSPS) is 23.0. The van der Waals surface area contributed by atoms with Crippen LogP contribution in [0.2, 0.25) is 5.02 Å². The summed E-state index contributed by atoms with van der Waals surface area (Å²) in [6.07, 6.45) is 0.103. The molecule has 1 aliphatic heterocycles. The molecule has 0 bridgehead atoms. The number of halogens is 2. The molecule has 3 atom stereocenters. The summed E-state index contributed by atoms with van der Waals surface area (Å²) >= 11 is 6.38. The maximum absolute atomic E-state index is 13.0. The van der Waals surface area contributed by atoms with Gasteiger partial charge in [-0.05, 0) is 48.2 Å². The molecule has 3 rings (SSSR count). The molecule has 1 aliphatic rings. The van der Waals surface area contributed by atoms with Crippen LogP contribution in [0.3, 0.4) is 0 Å². The molecular weight excluding hydrogens is 355 g/mol. The van der Waals surface area contributed by atoms with Crippen molar-refractivity contribution in [2.45, 2.75) is 44.5 Å². The summed E-state index contributed by atoms with van der Waals surface area (Å²) in [6, 6.07) is 13.7. The van der Waals surface area contributed by atoms with E-state index >= 15 is 0 Å². The van der Waals surface area contributed by atoms with Crippen LogP contribution in [0.15, 0.2) is 42.5 Å². The van der Waals surface area contributed by atoms with E-state index in [1.807, 2.05) is 49.4 Å². The molecule has 1 saturated heterocycles. The van der Waals surface area contributed by atoms with E-state index < -0.39 is 18.9 Å². The minimum Gasteiger partial charge on any atom is -0.494 e. The van der Waals surface area contributed by atoms with Gasteiger partial charge in [0.1, 0.15) is 12.4 Å².